The number of aromatic hydroxyl groups is 1. The molecule has 0 aliphatic carbocycles. The Morgan fingerprint density at radius 2 is 1.76 bits per heavy atom. The van der Waals surface area contributed by atoms with E-state index in [0.29, 0.717) is 41.5 Å². The van der Waals surface area contributed by atoms with Gasteiger partial charge in [-0.15, -0.1) is 0 Å². The number of rotatable bonds is 5. The molecule has 33 heavy (non-hydrogen) atoms. The highest BCUT2D eigenvalue weighted by Crippen LogP contribution is 2.35. The minimum Gasteiger partial charge on any atom is -0.508 e. The van der Waals surface area contributed by atoms with E-state index in [-0.39, 0.29) is 11.7 Å². The first-order chi connectivity index (χ1) is 16.2. The van der Waals surface area contributed by atoms with E-state index >= 15 is 0 Å². The predicted octanol–water partition coefficient (Wildman–Crippen LogP) is 3.78. The number of ether oxygens (including phenoxy) is 2. The van der Waals surface area contributed by atoms with E-state index in [0.717, 1.165) is 11.3 Å². The molecule has 2 heterocycles. The molecule has 1 aromatic heterocycles. The Morgan fingerprint density at radius 1 is 1.00 bits per heavy atom. The zero-order chi connectivity index (χ0) is 22.6. The number of para-hydroxylation sites is 1. The highest BCUT2D eigenvalue weighted by Gasteiger charge is 2.17. The highest BCUT2D eigenvalue weighted by atomic mass is 16.6. The van der Waals surface area contributed by atoms with Gasteiger partial charge in [-0.2, -0.15) is 10.2 Å². The first-order valence-electron chi connectivity index (χ1n) is 10.3. The molecule has 164 valence electrons. The van der Waals surface area contributed by atoms with Crippen molar-refractivity contribution in [3.8, 4) is 34.2 Å². The second kappa shape index (κ2) is 8.88. The van der Waals surface area contributed by atoms with E-state index in [9.17, 15) is 9.90 Å². The molecule has 1 aliphatic heterocycles. The standard InChI is InChI=1S/C25H20N4O4/c30-21-9-6-17(7-10-21)25(31)27-26-15-19-16-29(20-4-2-1-3-5-20)28-24(19)18-8-11-22-23(14-18)33-13-12-32-22/h1-11,14-16,30H,12-13H2,(H,27,31)/b26-15-. The van der Waals surface area contributed by atoms with Crippen LogP contribution in [-0.4, -0.2) is 40.2 Å². The number of carbonyl (C=O) groups excluding carboxylic acids is 1. The number of hydrazone groups is 1. The number of phenols is 1. The summed E-state index contributed by atoms with van der Waals surface area (Å²) < 4.78 is 13.1. The maximum Gasteiger partial charge on any atom is 0.271 e. The van der Waals surface area contributed by atoms with Crippen molar-refractivity contribution < 1.29 is 19.4 Å². The average Bonchev–Trinajstić information content (AvgIpc) is 3.29. The number of carbonyl (C=O) groups is 1. The van der Waals surface area contributed by atoms with Crippen molar-refractivity contribution in [1.82, 2.24) is 15.2 Å². The van der Waals surface area contributed by atoms with Gasteiger partial charge in [0.2, 0.25) is 0 Å². The molecule has 5 rings (SSSR count). The number of nitrogens with one attached hydrogen (secondary N) is 1. The van der Waals surface area contributed by atoms with Crippen LogP contribution in [0.3, 0.4) is 0 Å². The van der Waals surface area contributed by atoms with Crippen LogP contribution >= 0.6 is 0 Å². The van der Waals surface area contributed by atoms with Crippen LogP contribution in [-0.2, 0) is 0 Å². The van der Waals surface area contributed by atoms with Gasteiger partial charge in [0.25, 0.3) is 5.91 Å². The topological polar surface area (TPSA) is 98.0 Å². The Kier molecular flexibility index (Phi) is 5.47. The van der Waals surface area contributed by atoms with Crippen LogP contribution in [0.5, 0.6) is 17.2 Å². The summed E-state index contributed by atoms with van der Waals surface area (Å²) in [5, 5.41) is 18.3. The van der Waals surface area contributed by atoms with Crippen molar-refractivity contribution in [3.05, 3.63) is 90.1 Å². The molecular formula is C25H20N4O4. The van der Waals surface area contributed by atoms with Crippen LogP contribution in [0.25, 0.3) is 16.9 Å². The third kappa shape index (κ3) is 4.40. The van der Waals surface area contributed by atoms with E-state index in [1.165, 1.54) is 24.3 Å². The molecule has 4 aromatic rings. The van der Waals surface area contributed by atoms with Gasteiger partial charge in [-0.1, -0.05) is 18.2 Å². The van der Waals surface area contributed by atoms with Gasteiger partial charge >= 0.3 is 0 Å². The van der Waals surface area contributed by atoms with Gasteiger partial charge in [-0.05, 0) is 54.6 Å². The molecule has 1 aliphatic rings. The number of benzene rings is 3. The monoisotopic (exact) mass is 440 g/mol. The molecule has 0 radical (unpaired) electrons. The van der Waals surface area contributed by atoms with Crippen molar-refractivity contribution >= 4 is 12.1 Å². The van der Waals surface area contributed by atoms with Crippen LogP contribution < -0.4 is 14.9 Å². The first-order valence-corrected chi connectivity index (χ1v) is 10.3. The molecule has 0 spiro atoms. The van der Waals surface area contributed by atoms with Gasteiger partial charge in [0.05, 0.1) is 11.9 Å². The fourth-order valence-corrected chi connectivity index (χ4v) is 3.45. The van der Waals surface area contributed by atoms with Crippen molar-refractivity contribution in [2.24, 2.45) is 5.10 Å². The van der Waals surface area contributed by atoms with E-state index in [1.807, 2.05) is 54.7 Å². The molecule has 0 atom stereocenters. The van der Waals surface area contributed by atoms with Gasteiger partial charge < -0.3 is 14.6 Å². The number of fused-ring (bicyclic) bond motifs is 1. The van der Waals surface area contributed by atoms with Crippen molar-refractivity contribution in [2.75, 3.05) is 13.2 Å². The maximum atomic E-state index is 12.3. The van der Waals surface area contributed by atoms with E-state index in [4.69, 9.17) is 14.6 Å². The predicted molar refractivity (Wildman–Crippen MR) is 123 cm³/mol. The average molecular weight is 440 g/mol. The van der Waals surface area contributed by atoms with Crippen molar-refractivity contribution in [3.63, 3.8) is 0 Å². The van der Waals surface area contributed by atoms with Crippen molar-refractivity contribution in [2.45, 2.75) is 0 Å². The smallest absolute Gasteiger partial charge is 0.271 e. The second-order valence-corrected chi connectivity index (χ2v) is 7.32. The quantitative estimate of drug-likeness (QED) is 0.364. The zero-order valence-corrected chi connectivity index (χ0v) is 17.5. The highest BCUT2D eigenvalue weighted by molar-refractivity contribution is 5.95. The van der Waals surface area contributed by atoms with Gasteiger partial charge in [0.1, 0.15) is 24.7 Å². The van der Waals surface area contributed by atoms with Gasteiger partial charge in [-0.25, -0.2) is 10.1 Å². The molecule has 8 heteroatoms. The molecule has 0 unspecified atom stereocenters. The summed E-state index contributed by atoms with van der Waals surface area (Å²) in [5.41, 5.74) is 6.01. The van der Waals surface area contributed by atoms with Crippen molar-refractivity contribution in [1.29, 1.82) is 0 Å². The summed E-state index contributed by atoms with van der Waals surface area (Å²) in [5.74, 6) is 1.07. The molecule has 0 bridgehead atoms. The van der Waals surface area contributed by atoms with Crippen LogP contribution in [0.15, 0.2) is 84.1 Å². The van der Waals surface area contributed by atoms with E-state index in [1.54, 1.807) is 10.9 Å². The molecule has 0 saturated heterocycles. The lowest BCUT2D eigenvalue weighted by Crippen LogP contribution is -2.17. The van der Waals surface area contributed by atoms with Gasteiger partial charge in [0, 0.05) is 22.9 Å². The minimum atomic E-state index is -0.386. The fourth-order valence-electron chi connectivity index (χ4n) is 3.45. The number of phenolic OH excluding ortho intramolecular Hbond substituents is 1. The first kappa shape index (κ1) is 20.3. The lowest BCUT2D eigenvalue weighted by atomic mass is 10.1. The molecular weight excluding hydrogens is 420 g/mol. The molecule has 3 aromatic carbocycles. The summed E-state index contributed by atoms with van der Waals surface area (Å²) in [6.07, 6.45) is 3.40. The zero-order valence-electron chi connectivity index (χ0n) is 17.5. The number of hydrogen-bond acceptors (Lipinski definition) is 6. The Labute approximate surface area is 189 Å². The number of nitrogens with zero attached hydrogens (tertiary/aromatic N) is 3. The van der Waals surface area contributed by atoms with Gasteiger partial charge in [0.15, 0.2) is 11.5 Å². The SMILES string of the molecule is O=C(N/N=C\c1cn(-c2ccccc2)nc1-c1ccc2c(c1)OCCO2)c1ccc(O)cc1. The Bertz CT molecular complexity index is 1310. The van der Waals surface area contributed by atoms with Crippen LogP contribution in [0.1, 0.15) is 15.9 Å². The molecule has 2 N–H and O–H groups in total. The maximum absolute atomic E-state index is 12.3. The Hall–Kier alpha value is -4.59. The Balaban J connectivity index is 1.46. The fraction of sp³-hybridized carbons (Fsp3) is 0.0800. The Morgan fingerprint density at radius 3 is 2.55 bits per heavy atom. The summed E-state index contributed by atoms with van der Waals surface area (Å²) in [6.45, 7) is 1.01. The van der Waals surface area contributed by atoms with Crippen LogP contribution in [0.2, 0.25) is 0 Å². The third-order valence-corrected chi connectivity index (χ3v) is 5.08. The van der Waals surface area contributed by atoms with E-state index < -0.39 is 0 Å². The van der Waals surface area contributed by atoms with Crippen LogP contribution in [0.4, 0.5) is 0 Å². The number of hydrogen-bond donors (Lipinski definition) is 2. The number of amides is 1. The summed E-state index contributed by atoms with van der Waals surface area (Å²) in [6, 6.07) is 21.3. The third-order valence-electron chi connectivity index (χ3n) is 5.08. The molecule has 1 amide bonds. The molecule has 8 nitrogen and oxygen atoms in total. The normalized spacial score (nSPS) is 12.6. The van der Waals surface area contributed by atoms with Gasteiger partial charge in [-0.3, -0.25) is 4.79 Å². The lowest BCUT2D eigenvalue weighted by molar-refractivity contribution is 0.0955. The van der Waals surface area contributed by atoms with Crippen LogP contribution in [0, 0.1) is 0 Å². The molecule has 0 fully saturated rings. The van der Waals surface area contributed by atoms with E-state index in [2.05, 4.69) is 10.5 Å². The summed E-state index contributed by atoms with van der Waals surface area (Å²) >= 11 is 0. The second-order valence-electron chi connectivity index (χ2n) is 7.32. The summed E-state index contributed by atoms with van der Waals surface area (Å²) in [7, 11) is 0. The number of aromatic nitrogens is 2. The molecule has 0 saturated carbocycles. The summed E-state index contributed by atoms with van der Waals surface area (Å²) in [4.78, 5) is 12.3. The minimum absolute atomic E-state index is 0.0902. The lowest BCUT2D eigenvalue weighted by Gasteiger charge is -2.18. The largest absolute Gasteiger partial charge is 0.508 e.